The number of rotatable bonds is 5. The van der Waals surface area contributed by atoms with Gasteiger partial charge < -0.3 is 14.8 Å². The van der Waals surface area contributed by atoms with Gasteiger partial charge in [-0.3, -0.25) is 4.79 Å². The van der Waals surface area contributed by atoms with Crippen molar-refractivity contribution in [3.63, 3.8) is 0 Å². The molecule has 9 nitrogen and oxygen atoms in total. The lowest BCUT2D eigenvalue weighted by atomic mass is 10.2. The molecule has 0 amide bonds. The summed E-state index contributed by atoms with van der Waals surface area (Å²) in [6, 6.07) is 7.18. The average Bonchev–Trinajstić information content (AvgIpc) is 2.91. The van der Waals surface area contributed by atoms with Gasteiger partial charge in [-0.25, -0.2) is 14.7 Å². The Bertz CT molecular complexity index is 769. The van der Waals surface area contributed by atoms with Crippen molar-refractivity contribution in [2.24, 2.45) is 5.14 Å². The third-order valence-corrected chi connectivity index (χ3v) is 5.49. The summed E-state index contributed by atoms with van der Waals surface area (Å²) in [6.07, 6.45) is 0.220. The van der Waals surface area contributed by atoms with Crippen LogP contribution in [0, 0.1) is 0 Å². The summed E-state index contributed by atoms with van der Waals surface area (Å²) >= 11 is 1.29. The molecule has 3 unspecified atom stereocenters. The fourth-order valence-corrected chi connectivity index (χ4v) is 4.08. The summed E-state index contributed by atoms with van der Waals surface area (Å²) in [5.74, 6) is -0.332. The molecule has 11 heteroatoms. The monoisotopic (exact) mass is 417 g/mol. The van der Waals surface area contributed by atoms with Crippen LogP contribution in [0.2, 0.25) is 0 Å². The van der Waals surface area contributed by atoms with E-state index in [0.717, 1.165) is 18.5 Å². The second-order valence-electron chi connectivity index (χ2n) is 6.06. The molecule has 1 saturated heterocycles. The molecule has 3 aliphatic heterocycles. The van der Waals surface area contributed by atoms with Gasteiger partial charge in [-0.05, 0) is 18.6 Å². The number of nitrogens with two attached hydrogens (primary N) is 1. The van der Waals surface area contributed by atoms with Crippen molar-refractivity contribution in [2.75, 3.05) is 20.2 Å². The van der Waals surface area contributed by atoms with Crippen LogP contribution in [0.4, 0.5) is 0 Å². The fourth-order valence-electron chi connectivity index (χ4n) is 2.67. The first-order chi connectivity index (χ1) is 12.7. The van der Waals surface area contributed by atoms with E-state index in [-0.39, 0.29) is 28.9 Å². The molecule has 0 radical (unpaired) electrons. The van der Waals surface area contributed by atoms with Gasteiger partial charge in [0.05, 0.1) is 5.56 Å². The number of hydrogen-bond acceptors (Lipinski definition) is 8. The number of esters is 1. The van der Waals surface area contributed by atoms with Gasteiger partial charge in [-0.15, -0.1) is 0 Å². The maximum absolute atomic E-state index is 11.2. The van der Waals surface area contributed by atoms with E-state index in [1.165, 1.54) is 25.8 Å². The zero-order chi connectivity index (χ0) is 20.0. The molecule has 3 atom stereocenters. The van der Waals surface area contributed by atoms with E-state index in [0.29, 0.717) is 5.56 Å². The summed E-state index contributed by atoms with van der Waals surface area (Å²) in [7, 11) is -2.11. The van der Waals surface area contributed by atoms with Crippen molar-refractivity contribution < 1.29 is 27.5 Å². The number of ether oxygens (including phenoxy) is 2. The minimum Gasteiger partial charge on any atom is -0.428 e. The molecule has 1 aromatic carbocycles. The highest BCUT2D eigenvalue weighted by Gasteiger charge is 2.26. The third-order valence-electron chi connectivity index (χ3n) is 3.89. The van der Waals surface area contributed by atoms with E-state index in [4.69, 9.17) is 14.6 Å². The molecule has 3 aliphatic rings. The summed E-state index contributed by atoms with van der Waals surface area (Å²) in [5, 5.41) is 8.25. The van der Waals surface area contributed by atoms with Crippen LogP contribution in [0.15, 0.2) is 24.3 Å². The van der Waals surface area contributed by atoms with E-state index >= 15 is 0 Å². The Labute approximate surface area is 162 Å². The van der Waals surface area contributed by atoms with Gasteiger partial charge in [0.15, 0.2) is 5.12 Å². The third kappa shape index (κ3) is 7.20. The second-order valence-corrected chi connectivity index (χ2v) is 8.92. The highest BCUT2D eigenvalue weighted by molar-refractivity contribution is 8.14. The summed E-state index contributed by atoms with van der Waals surface area (Å²) in [4.78, 5) is 22.0. The Kier molecular flexibility index (Phi) is 7.77. The molecular formula is C16H23N3O6S2. The number of carbonyl (C=O) groups excluding carboxylic acids is 2. The van der Waals surface area contributed by atoms with Crippen LogP contribution in [0.25, 0.3) is 0 Å². The lowest BCUT2D eigenvalue weighted by Gasteiger charge is -2.11. The Morgan fingerprint density at radius 1 is 1.41 bits per heavy atom. The first-order valence-electron chi connectivity index (χ1n) is 8.19. The van der Waals surface area contributed by atoms with Gasteiger partial charge in [-0.2, -0.15) is 8.42 Å². The van der Waals surface area contributed by atoms with Crippen molar-refractivity contribution in [1.82, 2.24) is 10.0 Å². The van der Waals surface area contributed by atoms with E-state index in [1.54, 1.807) is 12.1 Å². The minimum absolute atomic E-state index is 0.0557. The Balaban J connectivity index is 0.000000198. The van der Waals surface area contributed by atoms with Crippen LogP contribution in [0.5, 0.6) is 0 Å². The standard InChI is InChI=1S/C9H8O3.C7H15N3O3S2/c1-11-9-7-4-2-6(3-5-7)8(10)12-9;1-5(11)14-7-2-6(9-4-7)3-10-15(8,12)13/h2-5,9H,1H3;6-7,9-10H,2-4H2,1H3,(H2,8,12,13). The lowest BCUT2D eigenvalue weighted by Crippen LogP contribution is -2.40. The fraction of sp³-hybridized carbons (Fsp3) is 0.500. The van der Waals surface area contributed by atoms with Crippen molar-refractivity contribution in [2.45, 2.75) is 30.9 Å². The number of benzene rings is 1. The van der Waals surface area contributed by atoms with E-state index in [9.17, 15) is 18.0 Å². The number of fused-ring (bicyclic) bond motifs is 4. The van der Waals surface area contributed by atoms with E-state index < -0.39 is 16.5 Å². The molecule has 2 bridgehead atoms. The summed E-state index contributed by atoms with van der Waals surface area (Å²) in [6.45, 7) is 2.52. The zero-order valence-corrected chi connectivity index (χ0v) is 16.6. The van der Waals surface area contributed by atoms with Crippen molar-refractivity contribution >= 4 is 33.1 Å². The summed E-state index contributed by atoms with van der Waals surface area (Å²) in [5.41, 5.74) is 1.44. The van der Waals surface area contributed by atoms with Gasteiger partial charge in [0, 0.05) is 44.0 Å². The quantitative estimate of drug-likeness (QED) is 0.582. The Hall–Kier alpha value is -1.50. The first-order valence-corrected chi connectivity index (χ1v) is 10.6. The highest BCUT2D eigenvalue weighted by atomic mass is 32.2. The Morgan fingerprint density at radius 2 is 2.07 bits per heavy atom. The van der Waals surface area contributed by atoms with Crippen LogP contribution >= 0.6 is 11.8 Å². The second kappa shape index (κ2) is 9.62. The van der Waals surface area contributed by atoms with Crippen LogP contribution < -0.4 is 15.2 Å². The summed E-state index contributed by atoms with van der Waals surface area (Å²) < 4.78 is 33.4. The average molecular weight is 418 g/mol. The molecule has 4 N–H and O–H groups in total. The largest absolute Gasteiger partial charge is 0.428 e. The molecule has 0 spiro atoms. The number of thioether (sulfide) groups is 1. The molecule has 4 rings (SSSR count). The molecule has 3 heterocycles. The lowest BCUT2D eigenvalue weighted by molar-refractivity contribution is -0.109. The van der Waals surface area contributed by atoms with E-state index in [1.807, 2.05) is 12.1 Å². The van der Waals surface area contributed by atoms with Gasteiger partial charge in [0.2, 0.25) is 6.29 Å². The van der Waals surface area contributed by atoms with Crippen molar-refractivity contribution in [1.29, 1.82) is 0 Å². The molecule has 27 heavy (non-hydrogen) atoms. The minimum atomic E-state index is -3.62. The van der Waals surface area contributed by atoms with Gasteiger partial charge in [0.1, 0.15) is 0 Å². The SMILES string of the molecule is CC(=O)SC1CNC(CNS(N)(=O)=O)C1.COC1OC(=O)c2ccc1cc2. The predicted octanol–water partition coefficient (Wildman–Crippen LogP) is 0.292. The number of nitrogens with one attached hydrogen (secondary N) is 2. The first kappa shape index (κ1) is 21.8. The van der Waals surface area contributed by atoms with Gasteiger partial charge >= 0.3 is 5.97 Å². The zero-order valence-electron chi connectivity index (χ0n) is 15.0. The van der Waals surface area contributed by atoms with Crippen LogP contribution in [-0.4, -0.2) is 51.0 Å². The molecule has 150 valence electrons. The molecular weight excluding hydrogens is 394 g/mol. The maximum Gasteiger partial charge on any atom is 0.340 e. The van der Waals surface area contributed by atoms with E-state index in [2.05, 4.69) is 10.0 Å². The predicted molar refractivity (Wildman–Crippen MR) is 101 cm³/mol. The molecule has 1 fully saturated rings. The molecule has 0 aliphatic carbocycles. The normalized spacial score (nSPS) is 24.0. The van der Waals surface area contributed by atoms with Crippen molar-refractivity contribution in [3.05, 3.63) is 35.4 Å². The van der Waals surface area contributed by atoms with Gasteiger partial charge in [0.25, 0.3) is 10.2 Å². The maximum atomic E-state index is 11.2. The van der Waals surface area contributed by atoms with Crippen LogP contribution in [0.3, 0.4) is 0 Å². The highest BCUT2D eigenvalue weighted by Crippen LogP contribution is 2.24. The number of hydrogen-bond donors (Lipinski definition) is 3. The Morgan fingerprint density at radius 3 is 2.63 bits per heavy atom. The van der Waals surface area contributed by atoms with Crippen LogP contribution in [0.1, 0.15) is 35.6 Å². The smallest absolute Gasteiger partial charge is 0.340 e. The van der Waals surface area contributed by atoms with Gasteiger partial charge in [-0.1, -0.05) is 23.9 Å². The number of methoxy groups -OCH3 is 1. The van der Waals surface area contributed by atoms with Crippen LogP contribution in [-0.2, 0) is 24.5 Å². The topological polar surface area (TPSA) is 137 Å². The molecule has 0 aromatic heterocycles. The molecule has 0 saturated carbocycles. The number of carbonyl (C=O) groups is 2. The van der Waals surface area contributed by atoms with Crippen molar-refractivity contribution in [3.8, 4) is 0 Å². The molecule has 1 aromatic rings.